The number of rotatable bonds is 9. The molecule has 1 aromatic heterocycles. The van der Waals surface area contributed by atoms with E-state index in [0.29, 0.717) is 13.1 Å². The number of carbonyl (C=O) groups excluding carboxylic acids is 1. The predicted molar refractivity (Wildman–Crippen MR) is 97.1 cm³/mol. The summed E-state index contributed by atoms with van der Waals surface area (Å²) >= 11 is 1.57. The first-order valence-electron chi connectivity index (χ1n) is 8.10. The lowest BCUT2D eigenvalue weighted by molar-refractivity contribution is -0.904. The molecule has 130 valence electrons. The van der Waals surface area contributed by atoms with Crippen LogP contribution < -0.4 is 20.3 Å². The fourth-order valence-electron chi connectivity index (χ4n) is 2.30. The lowest BCUT2D eigenvalue weighted by Crippen LogP contribution is -3.11. The molecule has 1 heterocycles. The van der Waals surface area contributed by atoms with Crippen molar-refractivity contribution in [1.29, 1.82) is 0 Å². The van der Waals surface area contributed by atoms with Gasteiger partial charge in [0.15, 0.2) is 11.7 Å². The Morgan fingerprint density at radius 3 is 2.67 bits per heavy atom. The van der Waals surface area contributed by atoms with Crippen LogP contribution in [0.4, 0.5) is 10.8 Å². The van der Waals surface area contributed by atoms with Gasteiger partial charge in [-0.15, -0.1) is 11.3 Å². The van der Waals surface area contributed by atoms with E-state index in [4.69, 9.17) is 4.74 Å². The van der Waals surface area contributed by atoms with Crippen LogP contribution in [0.25, 0.3) is 0 Å². The van der Waals surface area contributed by atoms with Gasteiger partial charge in [-0.25, -0.2) is 4.98 Å². The molecule has 6 nitrogen and oxygen atoms in total. The van der Waals surface area contributed by atoms with E-state index in [0.717, 1.165) is 35.4 Å². The van der Waals surface area contributed by atoms with Crippen molar-refractivity contribution in [2.24, 2.45) is 0 Å². The Kier molecular flexibility index (Phi) is 7.02. The topological polar surface area (TPSA) is 67.7 Å². The Bertz CT molecular complexity index is 642. The number of quaternary nitrogens is 1. The van der Waals surface area contributed by atoms with Gasteiger partial charge in [0.25, 0.3) is 5.91 Å². The van der Waals surface area contributed by atoms with Gasteiger partial charge in [-0.3, -0.25) is 4.79 Å². The van der Waals surface area contributed by atoms with E-state index in [1.54, 1.807) is 18.4 Å². The van der Waals surface area contributed by atoms with Crippen LogP contribution in [-0.2, 0) is 11.3 Å². The average molecular weight is 349 g/mol. The third-order valence-corrected chi connectivity index (χ3v) is 4.42. The van der Waals surface area contributed by atoms with Gasteiger partial charge >= 0.3 is 0 Å². The van der Waals surface area contributed by atoms with Crippen molar-refractivity contribution in [3.05, 3.63) is 35.3 Å². The first-order valence-corrected chi connectivity index (χ1v) is 8.98. The maximum Gasteiger partial charge on any atom is 0.275 e. The second kappa shape index (κ2) is 9.24. The summed E-state index contributed by atoms with van der Waals surface area (Å²) in [6.07, 6.45) is 0. The summed E-state index contributed by atoms with van der Waals surface area (Å²) in [5.41, 5.74) is 1.97. The minimum absolute atomic E-state index is 0.0844. The molecular formula is C17H25N4O2S+. The monoisotopic (exact) mass is 349 g/mol. The van der Waals surface area contributed by atoms with E-state index < -0.39 is 0 Å². The number of thiazole rings is 1. The van der Waals surface area contributed by atoms with Gasteiger partial charge in [0.05, 0.1) is 13.7 Å². The van der Waals surface area contributed by atoms with Crippen LogP contribution in [0.2, 0.25) is 0 Å². The van der Waals surface area contributed by atoms with Crippen LogP contribution in [0.15, 0.2) is 29.6 Å². The summed E-state index contributed by atoms with van der Waals surface area (Å²) in [5, 5.41) is 9.03. The highest BCUT2D eigenvalue weighted by molar-refractivity contribution is 7.13. The highest BCUT2D eigenvalue weighted by atomic mass is 32.1. The van der Waals surface area contributed by atoms with Gasteiger partial charge in [-0.1, -0.05) is 0 Å². The molecule has 1 aromatic carbocycles. The molecule has 1 unspecified atom stereocenters. The van der Waals surface area contributed by atoms with Gasteiger partial charge in [-0.05, 0) is 38.1 Å². The van der Waals surface area contributed by atoms with Crippen LogP contribution in [-0.4, -0.2) is 37.6 Å². The fourth-order valence-corrected chi connectivity index (χ4v) is 3.03. The lowest BCUT2D eigenvalue weighted by Gasteiger charge is -2.15. The number of nitrogens with one attached hydrogen (secondary N) is 3. The van der Waals surface area contributed by atoms with Crippen LogP contribution in [0.5, 0.6) is 5.75 Å². The number of anilines is 2. The molecule has 3 N–H and O–H groups in total. The number of aromatic nitrogens is 1. The molecule has 0 saturated heterocycles. The molecule has 7 heteroatoms. The highest BCUT2D eigenvalue weighted by Crippen LogP contribution is 2.22. The molecule has 0 bridgehead atoms. The molecule has 0 aliphatic heterocycles. The van der Waals surface area contributed by atoms with Crippen LogP contribution in [0.3, 0.4) is 0 Å². The standard InChI is InChI=1S/C17H24N4O2S/c1-4-18-16(22)11-21(5-2)10-14-12-24-17(20-14)19-13-6-8-15(23-3)9-7-13/h6-9,12H,4-5,10-11H2,1-3H3,(H,18,22)(H,19,20)/p+1. The molecule has 0 fully saturated rings. The van der Waals surface area contributed by atoms with E-state index >= 15 is 0 Å². The minimum Gasteiger partial charge on any atom is -0.497 e. The summed E-state index contributed by atoms with van der Waals surface area (Å²) in [6.45, 7) is 6.79. The number of likely N-dealkylation sites (N-methyl/N-ethyl adjacent to an activating group) is 2. The maximum atomic E-state index is 11.7. The van der Waals surface area contributed by atoms with Gasteiger partial charge in [-0.2, -0.15) is 0 Å². The van der Waals surface area contributed by atoms with Gasteiger partial charge in [0.1, 0.15) is 18.0 Å². The van der Waals surface area contributed by atoms with Crippen molar-refractivity contribution < 1.29 is 14.4 Å². The first kappa shape index (κ1) is 18.2. The first-order chi connectivity index (χ1) is 11.6. The van der Waals surface area contributed by atoms with Crippen molar-refractivity contribution in [3.63, 3.8) is 0 Å². The SMILES string of the molecule is CCNC(=O)C[NH+](CC)Cc1csc(Nc2ccc(OC)cc2)n1. The number of methoxy groups -OCH3 is 1. The highest BCUT2D eigenvalue weighted by Gasteiger charge is 2.14. The Morgan fingerprint density at radius 1 is 1.29 bits per heavy atom. The molecule has 0 saturated carbocycles. The quantitative estimate of drug-likeness (QED) is 0.641. The predicted octanol–water partition coefficient (Wildman–Crippen LogP) is 1.44. The molecule has 0 aliphatic carbocycles. The Labute approximate surface area is 146 Å². The van der Waals surface area contributed by atoms with E-state index in [-0.39, 0.29) is 5.91 Å². The van der Waals surface area contributed by atoms with E-state index in [2.05, 4.69) is 22.5 Å². The van der Waals surface area contributed by atoms with E-state index in [1.807, 2.05) is 36.6 Å². The van der Waals surface area contributed by atoms with Crippen LogP contribution >= 0.6 is 11.3 Å². The summed E-state index contributed by atoms with van der Waals surface area (Å²) in [7, 11) is 1.65. The number of hydrogen-bond donors (Lipinski definition) is 3. The minimum atomic E-state index is 0.0844. The molecule has 2 rings (SSSR count). The summed E-state index contributed by atoms with van der Waals surface area (Å²) < 4.78 is 5.15. The fraction of sp³-hybridized carbons (Fsp3) is 0.412. The molecule has 0 aliphatic rings. The second-order valence-corrected chi connectivity index (χ2v) is 6.27. The molecule has 0 spiro atoms. The summed E-state index contributed by atoms with van der Waals surface area (Å²) in [5.74, 6) is 0.911. The third-order valence-electron chi connectivity index (χ3n) is 3.61. The van der Waals surface area contributed by atoms with Crippen molar-refractivity contribution in [2.75, 3.05) is 32.1 Å². The zero-order chi connectivity index (χ0) is 17.4. The smallest absolute Gasteiger partial charge is 0.275 e. The van der Waals surface area contributed by atoms with Crippen molar-refractivity contribution in [3.8, 4) is 5.75 Å². The number of ether oxygens (including phenoxy) is 1. The number of carbonyl (C=O) groups is 1. The molecule has 1 amide bonds. The normalized spacial score (nSPS) is 11.8. The number of amides is 1. The van der Waals surface area contributed by atoms with Gasteiger partial charge in [0.2, 0.25) is 0 Å². The molecular weight excluding hydrogens is 324 g/mol. The zero-order valence-corrected chi connectivity index (χ0v) is 15.2. The van der Waals surface area contributed by atoms with Gasteiger partial charge < -0.3 is 20.3 Å². The molecule has 24 heavy (non-hydrogen) atoms. The largest absolute Gasteiger partial charge is 0.497 e. The van der Waals surface area contributed by atoms with E-state index in [1.165, 1.54) is 4.90 Å². The van der Waals surface area contributed by atoms with Crippen LogP contribution in [0.1, 0.15) is 19.5 Å². The number of benzene rings is 1. The zero-order valence-electron chi connectivity index (χ0n) is 14.4. The Hall–Kier alpha value is -2.12. The van der Waals surface area contributed by atoms with Crippen molar-refractivity contribution in [1.82, 2.24) is 10.3 Å². The third kappa shape index (κ3) is 5.50. The van der Waals surface area contributed by atoms with Crippen LogP contribution in [0, 0.1) is 0 Å². The van der Waals surface area contributed by atoms with Crippen molar-refractivity contribution >= 4 is 28.1 Å². The summed E-state index contributed by atoms with van der Waals surface area (Å²) in [4.78, 5) is 17.5. The van der Waals surface area contributed by atoms with E-state index in [9.17, 15) is 4.79 Å². The number of hydrogen-bond acceptors (Lipinski definition) is 5. The molecule has 2 aromatic rings. The number of nitrogens with zero attached hydrogens (tertiary/aromatic N) is 1. The average Bonchev–Trinajstić information content (AvgIpc) is 3.02. The Morgan fingerprint density at radius 2 is 2.04 bits per heavy atom. The summed E-state index contributed by atoms with van der Waals surface area (Å²) in [6, 6.07) is 7.73. The lowest BCUT2D eigenvalue weighted by atomic mass is 10.3. The van der Waals surface area contributed by atoms with Crippen molar-refractivity contribution in [2.45, 2.75) is 20.4 Å². The Balaban J connectivity index is 1.92. The molecule has 1 atom stereocenters. The van der Waals surface area contributed by atoms with Gasteiger partial charge in [0, 0.05) is 17.6 Å². The second-order valence-electron chi connectivity index (χ2n) is 5.41. The maximum absolute atomic E-state index is 11.7. The molecule has 0 radical (unpaired) electrons.